The molecule has 4 rings (SSSR count). The maximum atomic E-state index is 13.6. The maximum Gasteiger partial charge on any atom is 0.269 e. The number of halogens is 2. The van der Waals surface area contributed by atoms with E-state index in [4.69, 9.17) is 0 Å². The molecule has 2 heterocycles. The van der Waals surface area contributed by atoms with Gasteiger partial charge in [-0.25, -0.2) is 13.8 Å². The number of hydrogen-bond acceptors (Lipinski definition) is 5. The summed E-state index contributed by atoms with van der Waals surface area (Å²) in [5, 5.41) is 11.5. The zero-order valence-electron chi connectivity index (χ0n) is 12.7. The fourth-order valence-electron chi connectivity index (χ4n) is 2.54. The van der Waals surface area contributed by atoms with Gasteiger partial charge in [-0.05, 0) is 22.6 Å². The largest absolute Gasteiger partial charge is 0.298 e. The molecule has 9 heteroatoms. The number of rotatable bonds is 3. The Labute approximate surface area is 139 Å². The fraction of sp³-hybridized carbons (Fsp3) is 0.0625. The van der Waals surface area contributed by atoms with Crippen LogP contribution in [0.1, 0.15) is 5.82 Å². The molecule has 0 fully saturated rings. The first-order valence-corrected chi connectivity index (χ1v) is 7.31. The summed E-state index contributed by atoms with van der Waals surface area (Å²) in [4.78, 5) is 16.1. The van der Waals surface area contributed by atoms with Gasteiger partial charge in [0.25, 0.3) is 5.56 Å². The highest BCUT2D eigenvalue weighted by Crippen LogP contribution is 2.16. The van der Waals surface area contributed by atoms with Crippen molar-refractivity contribution in [1.29, 1.82) is 0 Å². The molecule has 0 aliphatic carbocycles. The van der Waals surface area contributed by atoms with E-state index in [1.807, 2.05) is 30.3 Å². The molecule has 0 saturated carbocycles. The minimum atomic E-state index is -1.06. The summed E-state index contributed by atoms with van der Waals surface area (Å²) in [6, 6.07) is 11.0. The van der Waals surface area contributed by atoms with Crippen LogP contribution in [0.3, 0.4) is 0 Å². The van der Waals surface area contributed by atoms with Crippen LogP contribution in [0.25, 0.3) is 16.7 Å². The van der Waals surface area contributed by atoms with Crippen LogP contribution in [-0.4, -0.2) is 29.8 Å². The molecular weight excluding hydrogens is 330 g/mol. The number of hydrogen-bond donors (Lipinski definition) is 0. The van der Waals surface area contributed by atoms with E-state index in [1.165, 1.54) is 9.25 Å². The second-order valence-corrected chi connectivity index (χ2v) is 5.28. The van der Waals surface area contributed by atoms with Crippen LogP contribution in [0.2, 0.25) is 0 Å². The Hall–Kier alpha value is -3.49. The maximum absolute atomic E-state index is 13.6. The Balaban J connectivity index is 1.85. The Kier molecular flexibility index (Phi) is 3.53. The lowest BCUT2D eigenvalue weighted by Crippen LogP contribution is -2.23. The third-order valence-electron chi connectivity index (χ3n) is 3.72. The number of tetrazole rings is 1. The van der Waals surface area contributed by atoms with Crippen LogP contribution < -0.4 is 5.56 Å². The molecule has 0 spiro atoms. The van der Waals surface area contributed by atoms with Crippen LogP contribution in [0.15, 0.2) is 53.5 Å². The Morgan fingerprint density at radius 3 is 2.60 bits per heavy atom. The zero-order valence-corrected chi connectivity index (χ0v) is 12.7. The highest BCUT2D eigenvalue weighted by molar-refractivity contribution is 5.74. The van der Waals surface area contributed by atoms with E-state index >= 15 is 0 Å². The Morgan fingerprint density at radius 2 is 1.80 bits per heavy atom. The zero-order chi connectivity index (χ0) is 17.4. The standard InChI is InChI=1S/C16H10F2N6O/c17-11-6-13-14(7-12(11)18)23(16(25)8-19-13)9-15-20-21-22-24(15)10-4-2-1-3-5-10/h1-8H,9H2. The smallest absolute Gasteiger partial charge is 0.269 e. The summed E-state index contributed by atoms with van der Waals surface area (Å²) in [5.41, 5.74) is 0.568. The van der Waals surface area contributed by atoms with Gasteiger partial charge in [-0.2, -0.15) is 4.68 Å². The van der Waals surface area contributed by atoms with Crippen molar-refractivity contribution in [2.24, 2.45) is 0 Å². The minimum absolute atomic E-state index is 0.0230. The lowest BCUT2D eigenvalue weighted by atomic mass is 10.2. The molecule has 7 nitrogen and oxygen atoms in total. The number of aromatic nitrogens is 6. The van der Waals surface area contributed by atoms with Gasteiger partial charge < -0.3 is 0 Å². The molecule has 0 aliphatic heterocycles. The molecule has 25 heavy (non-hydrogen) atoms. The van der Waals surface area contributed by atoms with Crippen molar-refractivity contribution in [1.82, 2.24) is 29.8 Å². The van der Waals surface area contributed by atoms with Crippen LogP contribution in [0, 0.1) is 11.6 Å². The van der Waals surface area contributed by atoms with E-state index in [0.29, 0.717) is 11.5 Å². The van der Waals surface area contributed by atoms with Crippen molar-refractivity contribution in [3.8, 4) is 5.69 Å². The Bertz CT molecular complexity index is 1120. The van der Waals surface area contributed by atoms with E-state index < -0.39 is 17.2 Å². The molecule has 0 aliphatic rings. The fourth-order valence-corrected chi connectivity index (χ4v) is 2.54. The van der Waals surface area contributed by atoms with E-state index in [0.717, 1.165) is 18.3 Å². The highest BCUT2D eigenvalue weighted by atomic mass is 19.2. The molecule has 0 unspecified atom stereocenters. The molecule has 0 bridgehead atoms. The minimum Gasteiger partial charge on any atom is -0.298 e. The van der Waals surface area contributed by atoms with Crippen LogP contribution >= 0.6 is 0 Å². The molecular formula is C16H10F2N6O. The van der Waals surface area contributed by atoms with Gasteiger partial charge in [-0.3, -0.25) is 9.36 Å². The summed E-state index contributed by atoms with van der Waals surface area (Å²) >= 11 is 0. The van der Waals surface area contributed by atoms with Gasteiger partial charge in [0.2, 0.25) is 0 Å². The lowest BCUT2D eigenvalue weighted by molar-refractivity contribution is 0.509. The quantitative estimate of drug-likeness (QED) is 0.567. The van der Waals surface area contributed by atoms with Gasteiger partial charge in [0, 0.05) is 12.1 Å². The monoisotopic (exact) mass is 340 g/mol. The third kappa shape index (κ3) is 2.65. The van der Waals surface area contributed by atoms with E-state index in [2.05, 4.69) is 20.5 Å². The van der Waals surface area contributed by atoms with Crippen molar-refractivity contribution in [3.05, 3.63) is 76.5 Å². The first-order valence-electron chi connectivity index (χ1n) is 7.31. The van der Waals surface area contributed by atoms with Crippen molar-refractivity contribution >= 4 is 11.0 Å². The molecule has 0 saturated heterocycles. The van der Waals surface area contributed by atoms with Crippen molar-refractivity contribution in [3.63, 3.8) is 0 Å². The summed E-state index contributed by atoms with van der Waals surface area (Å²) in [6.45, 7) is -0.0230. The van der Waals surface area contributed by atoms with E-state index in [-0.39, 0.29) is 17.6 Å². The topological polar surface area (TPSA) is 78.5 Å². The predicted octanol–water partition coefficient (Wildman–Crippen LogP) is 1.70. The third-order valence-corrected chi connectivity index (χ3v) is 3.72. The molecule has 4 aromatic rings. The van der Waals surface area contributed by atoms with Gasteiger partial charge in [-0.15, -0.1) is 5.10 Å². The van der Waals surface area contributed by atoms with Gasteiger partial charge in [0.1, 0.15) is 0 Å². The molecule has 2 aromatic carbocycles. The second-order valence-electron chi connectivity index (χ2n) is 5.28. The molecule has 124 valence electrons. The molecule has 0 atom stereocenters. The van der Waals surface area contributed by atoms with Crippen LogP contribution in [0.5, 0.6) is 0 Å². The average molecular weight is 340 g/mol. The van der Waals surface area contributed by atoms with Gasteiger partial charge in [-0.1, -0.05) is 18.2 Å². The van der Waals surface area contributed by atoms with Crippen LogP contribution in [-0.2, 0) is 6.54 Å². The van der Waals surface area contributed by atoms with Gasteiger partial charge in [0.15, 0.2) is 17.5 Å². The van der Waals surface area contributed by atoms with Gasteiger partial charge >= 0.3 is 0 Å². The Morgan fingerprint density at radius 1 is 1.04 bits per heavy atom. The first kappa shape index (κ1) is 15.1. The highest BCUT2D eigenvalue weighted by Gasteiger charge is 2.14. The predicted molar refractivity (Wildman–Crippen MR) is 84.2 cm³/mol. The second kappa shape index (κ2) is 5.86. The van der Waals surface area contributed by atoms with Crippen LogP contribution in [0.4, 0.5) is 8.78 Å². The molecule has 0 radical (unpaired) electrons. The van der Waals surface area contributed by atoms with Crippen molar-refractivity contribution in [2.45, 2.75) is 6.54 Å². The lowest BCUT2D eigenvalue weighted by Gasteiger charge is -2.10. The first-order chi connectivity index (χ1) is 12.1. The van der Waals surface area contributed by atoms with Crippen molar-refractivity contribution < 1.29 is 8.78 Å². The van der Waals surface area contributed by atoms with Crippen molar-refractivity contribution in [2.75, 3.05) is 0 Å². The SMILES string of the molecule is O=c1cnc2cc(F)c(F)cc2n1Cc1nnnn1-c1ccccc1. The summed E-state index contributed by atoms with van der Waals surface area (Å²) in [6.07, 6.45) is 1.05. The summed E-state index contributed by atoms with van der Waals surface area (Å²) < 4.78 is 29.7. The number of nitrogens with zero attached hydrogens (tertiary/aromatic N) is 6. The summed E-state index contributed by atoms with van der Waals surface area (Å²) in [5.74, 6) is -1.72. The average Bonchev–Trinajstić information content (AvgIpc) is 3.08. The number of para-hydroxylation sites is 1. The van der Waals surface area contributed by atoms with E-state index in [1.54, 1.807) is 0 Å². The number of fused-ring (bicyclic) bond motifs is 1. The molecule has 2 aromatic heterocycles. The normalized spacial score (nSPS) is 11.1. The van der Waals surface area contributed by atoms with Gasteiger partial charge in [0.05, 0.1) is 29.5 Å². The summed E-state index contributed by atoms with van der Waals surface area (Å²) in [7, 11) is 0. The number of benzene rings is 2. The molecule has 0 N–H and O–H groups in total. The molecule has 0 amide bonds. The van der Waals surface area contributed by atoms with E-state index in [9.17, 15) is 13.6 Å².